The van der Waals surface area contributed by atoms with Gasteiger partial charge in [0, 0.05) is 29.0 Å². The van der Waals surface area contributed by atoms with E-state index < -0.39 is 5.92 Å². The highest BCUT2D eigenvalue weighted by atomic mass is 35.5. The number of Topliss-reactive ketones (excluding diaryl/α,β-unsaturated/α-hetero) is 1. The lowest BCUT2D eigenvalue weighted by atomic mass is 9.71. The second-order valence-electron chi connectivity index (χ2n) is 8.03. The van der Waals surface area contributed by atoms with Gasteiger partial charge in [0.1, 0.15) is 28.9 Å². The van der Waals surface area contributed by atoms with E-state index in [2.05, 4.69) is 6.07 Å². The Kier molecular flexibility index (Phi) is 4.72. The van der Waals surface area contributed by atoms with Gasteiger partial charge in [-0.1, -0.05) is 37.0 Å². The molecule has 1 aromatic carbocycles. The van der Waals surface area contributed by atoms with Crippen LogP contribution in [0.2, 0.25) is 10.0 Å². The molecule has 1 aliphatic carbocycles. The molecule has 0 amide bonds. The summed E-state index contributed by atoms with van der Waals surface area (Å²) in [4.78, 5) is 13.0. The molecule has 0 fully saturated rings. The number of nitriles is 1. The van der Waals surface area contributed by atoms with Gasteiger partial charge in [-0.2, -0.15) is 5.26 Å². The molecule has 0 radical (unpaired) electrons. The van der Waals surface area contributed by atoms with Crippen LogP contribution in [0.4, 0.5) is 0 Å². The third kappa shape index (κ3) is 3.43. The lowest BCUT2D eigenvalue weighted by Crippen LogP contribution is -2.33. The summed E-state index contributed by atoms with van der Waals surface area (Å²) in [6, 6.07) is 10.7. The van der Waals surface area contributed by atoms with E-state index in [1.54, 1.807) is 30.3 Å². The smallest absolute Gasteiger partial charge is 0.205 e. The molecule has 2 aromatic rings. The van der Waals surface area contributed by atoms with Crippen LogP contribution < -0.4 is 5.73 Å². The van der Waals surface area contributed by atoms with Crippen LogP contribution in [0.1, 0.15) is 38.4 Å². The zero-order valence-electron chi connectivity index (χ0n) is 15.9. The van der Waals surface area contributed by atoms with Crippen LogP contribution in [0.15, 0.2) is 57.5 Å². The Labute approximate surface area is 178 Å². The SMILES string of the molecule is CC1(C)CC(=O)C2=C(C1)OC(N)=C(C#N)[C@@H]2c1ccc(-c2ccc(Cl)cc2Cl)o1. The van der Waals surface area contributed by atoms with Gasteiger partial charge in [0.15, 0.2) is 5.78 Å². The highest BCUT2D eigenvalue weighted by molar-refractivity contribution is 6.36. The van der Waals surface area contributed by atoms with Crippen molar-refractivity contribution in [3.8, 4) is 17.4 Å². The maximum absolute atomic E-state index is 13.0. The van der Waals surface area contributed by atoms with Gasteiger partial charge in [-0.3, -0.25) is 4.79 Å². The highest BCUT2D eigenvalue weighted by Gasteiger charge is 2.44. The standard InChI is InChI=1S/C22H18Cl2N2O3/c1-22(2)8-15(27)20-18(9-22)29-21(26)13(10-25)19(20)17-6-5-16(28-17)12-4-3-11(23)7-14(12)24/h3-7,19H,8-9,26H2,1-2H3/t19-/m1/s1. The Balaban J connectivity index is 1.83. The normalized spacial score (nSPS) is 20.9. The number of rotatable bonds is 2. The molecule has 4 rings (SSSR count). The van der Waals surface area contributed by atoms with Crippen molar-refractivity contribution in [2.24, 2.45) is 11.1 Å². The fourth-order valence-corrected chi connectivity index (χ4v) is 4.41. The van der Waals surface area contributed by atoms with E-state index in [9.17, 15) is 10.1 Å². The number of carbonyl (C=O) groups is 1. The van der Waals surface area contributed by atoms with Crippen LogP contribution in [0.5, 0.6) is 0 Å². The van der Waals surface area contributed by atoms with Crippen LogP contribution in [0.25, 0.3) is 11.3 Å². The fourth-order valence-electron chi connectivity index (χ4n) is 3.91. The average molecular weight is 429 g/mol. The summed E-state index contributed by atoms with van der Waals surface area (Å²) in [6.45, 7) is 4.00. The first-order valence-corrected chi connectivity index (χ1v) is 9.85. The summed E-state index contributed by atoms with van der Waals surface area (Å²) in [7, 11) is 0. The second kappa shape index (κ2) is 6.98. The predicted octanol–water partition coefficient (Wildman–Crippen LogP) is 5.70. The Morgan fingerprint density at radius 2 is 1.97 bits per heavy atom. The number of hydrogen-bond acceptors (Lipinski definition) is 5. The van der Waals surface area contributed by atoms with E-state index in [0.29, 0.717) is 51.3 Å². The molecule has 5 nitrogen and oxygen atoms in total. The molecule has 29 heavy (non-hydrogen) atoms. The first-order chi connectivity index (χ1) is 13.7. The zero-order valence-corrected chi connectivity index (χ0v) is 17.4. The van der Waals surface area contributed by atoms with Gasteiger partial charge in [-0.05, 0) is 35.7 Å². The highest BCUT2D eigenvalue weighted by Crippen LogP contribution is 2.48. The number of ketones is 1. The van der Waals surface area contributed by atoms with Gasteiger partial charge in [-0.25, -0.2) is 0 Å². The van der Waals surface area contributed by atoms with Gasteiger partial charge in [-0.15, -0.1) is 0 Å². The third-order valence-corrected chi connectivity index (χ3v) is 5.73. The molecule has 148 valence electrons. The number of nitrogens with zero attached hydrogens (tertiary/aromatic N) is 1. The predicted molar refractivity (Wildman–Crippen MR) is 110 cm³/mol. The maximum Gasteiger partial charge on any atom is 0.205 e. The molecule has 2 aliphatic rings. The van der Waals surface area contributed by atoms with Crippen molar-refractivity contribution in [3.63, 3.8) is 0 Å². The molecule has 1 atom stereocenters. The molecule has 2 N–H and O–H groups in total. The first-order valence-electron chi connectivity index (χ1n) is 9.09. The zero-order chi connectivity index (χ0) is 20.9. The van der Waals surface area contributed by atoms with Crippen molar-refractivity contribution in [1.82, 2.24) is 0 Å². The lowest BCUT2D eigenvalue weighted by Gasteiger charge is -2.36. The number of benzene rings is 1. The number of allylic oxidation sites excluding steroid dienone is 3. The Hall–Kier alpha value is -2.68. The molecule has 1 aromatic heterocycles. The van der Waals surface area contributed by atoms with E-state index >= 15 is 0 Å². The van der Waals surface area contributed by atoms with Gasteiger partial charge in [0.05, 0.1) is 10.9 Å². The molecular weight excluding hydrogens is 411 g/mol. The molecule has 7 heteroatoms. The van der Waals surface area contributed by atoms with Gasteiger partial charge in [0.2, 0.25) is 5.88 Å². The average Bonchev–Trinajstić information content (AvgIpc) is 3.08. The number of halogens is 2. The molecule has 0 saturated heterocycles. The van der Waals surface area contributed by atoms with Crippen molar-refractivity contribution in [2.75, 3.05) is 0 Å². The Morgan fingerprint density at radius 1 is 1.21 bits per heavy atom. The van der Waals surface area contributed by atoms with Crippen molar-refractivity contribution >= 4 is 29.0 Å². The second-order valence-corrected chi connectivity index (χ2v) is 8.87. The van der Waals surface area contributed by atoms with E-state index in [0.717, 1.165) is 0 Å². The Bertz CT molecular complexity index is 1140. The number of furan rings is 1. The summed E-state index contributed by atoms with van der Waals surface area (Å²) in [6.07, 6.45) is 0.918. The van der Waals surface area contributed by atoms with Crippen molar-refractivity contribution in [1.29, 1.82) is 5.26 Å². The summed E-state index contributed by atoms with van der Waals surface area (Å²) in [5.74, 6) is 0.694. The monoisotopic (exact) mass is 428 g/mol. The van der Waals surface area contributed by atoms with Gasteiger partial charge in [0.25, 0.3) is 0 Å². The van der Waals surface area contributed by atoms with E-state index in [-0.39, 0.29) is 22.7 Å². The van der Waals surface area contributed by atoms with Crippen molar-refractivity contribution in [3.05, 3.63) is 68.9 Å². The van der Waals surface area contributed by atoms with Crippen molar-refractivity contribution in [2.45, 2.75) is 32.6 Å². The number of carbonyl (C=O) groups excluding carboxylic acids is 1. The minimum Gasteiger partial charge on any atom is -0.460 e. The van der Waals surface area contributed by atoms with E-state index in [1.807, 2.05) is 13.8 Å². The molecule has 0 bridgehead atoms. The molecule has 0 saturated carbocycles. The van der Waals surface area contributed by atoms with E-state index in [1.165, 1.54) is 0 Å². The first kappa shape index (κ1) is 19.6. The van der Waals surface area contributed by atoms with E-state index in [4.69, 9.17) is 38.1 Å². The van der Waals surface area contributed by atoms with Crippen LogP contribution in [0.3, 0.4) is 0 Å². The molecule has 1 aliphatic heterocycles. The lowest BCUT2D eigenvalue weighted by molar-refractivity contribution is -0.119. The fraction of sp³-hybridized carbons (Fsp3) is 0.273. The molecular formula is C22H18Cl2N2O3. The topological polar surface area (TPSA) is 89.2 Å². The number of nitrogens with two attached hydrogens (primary N) is 1. The quantitative estimate of drug-likeness (QED) is 0.661. The molecule has 0 unspecified atom stereocenters. The molecule has 0 spiro atoms. The summed E-state index contributed by atoms with van der Waals surface area (Å²) in [5.41, 5.74) is 7.06. The summed E-state index contributed by atoms with van der Waals surface area (Å²) < 4.78 is 11.7. The van der Waals surface area contributed by atoms with Gasteiger partial charge < -0.3 is 14.9 Å². The summed E-state index contributed by atoms with van der Waals surface area (Å²) in [5, 5.41) is 10.6. The van der Waals surface area contributed by atoms with Crippen LogP contribution >= 0.6 is 23.2 Å². The van der Waals surface area contributed by atoms with Crippen LogP contribution in [-0.4, -0.2) is 5.78 Å². The maximum atomic E-state index is 13.0. The Morgan fingerprint density at radius 3 is 2.66 bits per heavy atom. The number of hydrogen-bond donors (Lipinski definition) is 1. The summed E-state index contributed by atoms with van der Waals surface area (Å²) >= 11 is 12.3. The minimum atomic E-state index is -0.702. The third-order valence-electron chi connectivity index (χ3n) is 5.18. The van der Waals surface area contributed by atoms with Crippen LogP contribution in [-0.2, 0) is 9.53 Å². The van der Waals surface area contributed by atoms with Crippen LogP contribution in [0, 0.1) is 16.7 Å². The van der Waals surface area contributed by atoms with Gasteiger partial charge >= 0.3 is 0 Å². The number of ether oxygens (including phenoxy) is 1. The minimum absolute atomic E-state index is 0.00391. The largest absolute Gasteiger partial charge is 0.460 e. The van der Waals surface area contributed by atoms with Crippen molar-refractivity contribution < 1.29 is 13.9 Å². The molecule has 2 heterocycles.